The molecule has 1 unspecified atom stereocenters. The number of anilines is 1. The van der Waals surface area contributed by atoms with Gasteiger partial charge in [0.05, 0.1) is 21.6 Å². The van der Waals surface area contributed by atoms with E-state index in [1.165, 1.54) is 0 Å². The van der Waals surface area contributed by atoms with Crippen LogP contribution >= 0.6 is 0 Å². The number of hydrogen-bond acceptors (Lipinski definition) is 6. The molecule has 6 nitrogen and oxygen atoms in total. The molecule has 0 saturated carbocycles. The molecule has 0 bridgehead atoms. The molecule has 152 valence electrons. The van der Waals surface area contributed by atoms with Crippen LogP contribution in [-0.2, 0) is 9.84 Å². The van der Waals surface area contributed by atoms with Gasteiger partial charge in [-0.2, -0.15) is 0 Å². The average molecular weight is 405 g/mol. The fourth-order valence-electron chi connectivity index (χ4n) is 3.17. The number of likely N-dealkylation sites (N-methyl/N-ethyl adjacent to an activating group) is 1. The van der Waals surface area contributed by atoms with E-state index >= 15 is 0 Å². The predicted octanol–water partition coefficient (Wildman–Crippen LogP) is 2.34. The fourth-order valence-corrected chi connectivity index (χ4v) is 4.63. The van der Waals surface area contributed by atoms with Crippen LogP contribution in [0.2, 0.25) is 0 Å². The van der Waals surface area contributed by atoms with Crippen molar-refractivity contribution in [2.75, 3.05) is 44.7 Å². The van der Waals surface area contributed by atoms with Crippen LogP contribution in [0.4, 0.5) is 5.69 Å². The monoisotopic (exact) mass is 404 g/mol. The van der Waals surface area contributed by atoms with E-state index in [9.17, 15) is 13.5 Å². The SMILES string of the molecule is Cc1ccc(S(=O)(=O)c2ccc(OCC(C)O)cc2N2CCN(C)CC2)cc1. The lowest BCUT2D eigenvalue weighted by Gasteiger charge is -2.35. The van der Waals surface area contributed by atoms with E-state index in [4.69, 9.17) is 4.74 Å². The first-order chi connectivity index (χ1) is 13.3. The molecule has 0 spiro atoms. The molecule has 1 aliphatic heterocycles. The highest BCUT2D eigenvalue weighted by Crippen LogP contribution is 2.34. The summed E-state index contributed by atoms with van der Waals surface area (Å²) in [5.74, 6) is 0.553. The predicted molar refractivity (Wildman–Crippen MR) is 110 cm³/mol. The summed E-state index contributed by atoms with van der Waals surface area (Å²) in [4.78, 5) is 4.88. The van der Waals surface area contributed by atoms with E-state index in [0.717, 1.165) is 31.7 Å². The fraction of sp³-hybridized carbons (Fsp3) is 0.429. The van der Waals surface area contributed by atoms with Gasteiger partial charge in [-0.25, -0.2) is 8.42 Å². The summed E-state index contributed by atoms with van der Waals surface area (Å²) in [5.41, 5.74) is 1.66. The summed E-state index contributed by atoms with van der Waals surface area (Å²) in [6.45, 7) is 6.95. The minimum absolute atomic E-state index is 0.159. The summed E-state index contributed by atoms with van der Waals surface area (Å²) in [7, 11) is -1.60. The van der Waals surface area contributed by atoms with Gasteiger partial charge in [-0.15, -0.1) is 0 Å². The zero-order valence-corrected chi connectivity index (χ0v) is 17.4. The third kappa shape index (κ3) is 4.66. The van der Waals surface area contributed by atoms with Crippen LogP contribution in [-0.4, -0.2) is 64.4 Å². The van der Waals surface area contributed by atoms with E-state index in [-0.39, 0.29) is 16.4 Å². The van der Waals surface area contributed by atoms with Gasteiger partial charge in [0.15, 0.2) is 0 Å². The molecule has 0 radical (unpaired) electrons. The molecule has 2 aromatic rings. The van der Waals surface area contributed by atoms with Crippen LogP contribution in [0.3, 0.4) is 0 Å². The summed E-state index contributed by atoms with van der Waals surface area (Å²) in [6.07, 6.45) is -0.594. The minimum atomic E-state index is -3.66. The van der Waals surface area contributed by atoms with Crippen LogP contribution < -0.4 is 9.64 Å². The molecule has 1 saturated heterocycles. The molecule has 2 aromatic carbocycles. The smallest absolute Gasteiger partial charge is 0.208 e. The Labute approximate surface area is 167 Å². The first-order valence-electron chi connectivity index (χ1n) is 9.47. The zero-order chi connectivity index (χ0) is 20.3. The third-order valence-electron chi connectivity index (χ3n) is 4.89. The van der Waals surface area contributed by atoms with Gasteiger partial charge in [-0.05, 0) is 45.2 Å². The lowest BCUT2D eigenvalue weighted by atomic mass is 10.2. The average Bonchev–Trinajstić information content (AvgIpc) is 2.67. The quantitative estimate of drug-likeness (QED) is 0.797. The lowest BCUT2D eigenvalue weighted by Crippen LogP contribution is -2.44. The van der Waals surface area contributed by atoms with Crippen LogP contribution in [0.15, 0.2) is 52.3 Å². The lowest BCUT2D eigenvalue weighted by molar-refractivity contribution is 0.122. The van der Waals surface area contributed by atoms with E-state index in [1.54, 1.807) is 37.3 Å². The largest absolute Gasteiger partial charge is 0.491 e. The normalized spacial score (nSPS) is 16.8. The Morgan fingerprint density at radius 3 is 2.32 bits per heavy atom. The van der Waals surface area contributed by atoms with E-state index < -0.39 is 15.9 Å². The number of ether oxygens (including phenoxy) is 1. The first kappa shape index (κ1) is 20.6. The van der Waals surface area contributed by atoms with Gasteiger partial charge in [-0.1, -0.05) is 17.7 Å². The Morgan fingerprint density at radius 1 is 1.07 bits per heavy atom. The highest BCUT2D eigenvalue weighted by molar-refractivity contribution is 7.91. The molecule has 0 aliphatic carbocycles. The minimum Gasteiger partial charge on any atom is -0.491 e. The number of rotatable bonds is 6. The van der Waals surface area contributed by atoms with Crippen molar-refractivity contribution in [1.29, 1.82) is 0 Å². The summed E-state index contributed by atoms with van der Waals surface area (Å²) in [5, 5.41) is 9.48. The Bertz CT molecular complexity index is 903. The highest BCUT2D eigenvalue weighted by Gasteiger charge is 2.26. The van der Waals surface area contributed by atoms with Crippen LogP contribution in [0, 0.1) is 6.92 Å². The Kier molecular flexibility index (Phi) is 6.27. The molecule has 1 N–H and O–H groups in total. The number of aliphatic hydroxyl groups is 1. The van der Waals surface area contributed by atoms with Crippen molar-refractivity contribution in [3.05, 3.63) is 48.0 Å². The maximum absolute atomic E-state index is 13.3. The van der Waals surface area contributed by atoms with Gasteiger partial charge in [0.2, 0.25) is 9.84 Å². The van der Waals surface area contributed by atoms with Crippen molar-refractivity contribution in [3.63, 3.8) is 0 Å². The summed E-state index contributed by atoms with van der Waals surface area (Å²) in [6, 6.07) is 12.0. The van der Waals surface area contributed by atoms with Gasteiger partial charge in [-0.3, -0.25) is 0 Å². The van der Waals surface area contributed by atoms with Crippen LogP contribution in [0.25, 0.3) is 0 Å². The molecule has 0 amide bonds. The second kappa shape index (κ2) is 8.51. The summed E-state index contributed by atoms with van der Waals surface area (Å²) < 4.78 is 32.3. The third-order valence-corrected chi connectivity index (χ3v) is 6.70. The van der Waals surface area contributed by atoms with Crippen LogP contribution in [0.1, 0.15) is 12.5 Å². The van der Waals surface area contributed by atoms with Gasteiger partial charge in [0.1, 0.15) is 12.4 Å². The standard InChI is InChI=1S/C21H28N2O4S/c1-16-4-7-19(8-5-16)28(25,26)21-9-6-18(27-15-17(2)24)14-20(21)23-12-10-22(3)11-13-23/h4-9,14,17,24H,10-13,15H2,1-3H3. The van der Waals surface area contributed by atoms with Gasteiger partial charge < -0.3 is 19.6 Å². The molecule has 1 heterocycles. The van der Waals surface area contributed by atoms with E-state index in [2.05, 4.69) is 16.8 Å². The van der Waals surface area contributed by atoms with Gasteiger partial charge in [0.25, 0.3) is 0 Å². The molecule has 28 heavy (non-hydrogen) atoms. The number of benzene rings is 2. The molecule has 3 rings (SSSR count). The molecule has 1 fully saturated rings. The van der Waals surface area contributed by atoms with Crippen molar-refractivity contribution in [1.82, 2.24) is 4.90 Å². The molecule has 7 heteroatoms. The number of hydrogen-bond donors (Lipinski definition) is 1. The zero-order valence-electron chi connectivity index (χ0n) is 16.6. The number of nitrogens with zero attached hydrogens (tertiary/aromatic N) is 2. The first-order valence-corrected chi connectivity index (χ1v) is 11.0. The Hall–Kier alpha value is -2.09. The van der Waals surface area contributed by atoms with Gasteiger partial charge in [0, 0.05) is 32.2 Å². The highest BCUT2D eigenvalue weighted by atomic mass is 32.2. The molecular weight excluding hydrogens is 376 g/mol. The molecular formula is C21H28N2O4S. The molecule has 1 aliphatic rings. The second-order valence-electron chi connectivity index (χ2n) is 7.40. The second-order valence-corrected chi connectivity index (χ2v) is 9.31. The number of piperazine rings is 1. The number of sulfone groups is 1. The van der Waals surface area contributed by atoms with Crippen LogP contribution in [0.5, 0.6) is 5.75 Å². The maximum Gasteiger partial charge on any atom is 0.208 e. The Balaban J connectivity index is 2.02. The topological polar surface area (TPSA) is 70.1 Å². The maximum atomic E-state index is 13.3. The summed E-state index contributed by atoms with van der Waals surface area (Å²) >= 11 is 0. The van der Waals surface area contributed by atoms with Crippen molar-refractivity contribution >= 4 is 15.5 Å². The molecule has 0 aromatic heterocycles. The van der Waals surface area contributed by atoms with Crippen molar-refractivity contribution in [2.45, 2.75) is 29.7 Å². The number of aliphatic hydroxyl groups excluding tert-OH is 1. The molecule has 1 atom stereocenters. The number of aryl methyl sites for hydroxylation is 1. The van der Waals surface area contributed by atoms with E-state index in [1.807, 2.05) is 19.1 Å². The Morgan fingerprint density at radius 2 is 1.71 bits per heavy atom. The van der Waals surface area contributed by atoms with E-state index in [0.29, 0.717) is 11.4 Å². The van der Waals surface area contributed by atoms with Gasteiger partial charge >= 0.3 is 0 Å². The van der Waals surface area contributed by atoms with Crippen molar-refractivity contribution in [3.8, 4) is 5.75 Å². The van der Waals surface area contributed by atoms with Crippen molar-refractivity contribution in [2.24, 2.45) is 0 Å². The van der Waals surface area contributed by atoms with Crippen molar-refractivity contribution < 1.29 is 18.3 Å².